The van der Waals surface area contributed by atoms with E-state index in [-0.39, 0.29) is 5.91 Å². The van der Waals surface area contributed by atoms with Crippen molar-refractivity contribution in [2.75, 3.05) is 25.4 Å². The van der Waals surface area contributed by atoms with Crippen LogP contribution >= 0.6 is 0 Å². The van der Waals surface area contributed by atoms with Crippen molar-refractivity contribution in [3.63, 3.8) is 0 Å². The van der Waals surface area contributed by atoms with Gasteiger partial charge in [0.05, 0.1) is 0 Å². The smallest absolute Gasteiger partial charge is 0.244 e. The Hall–Kier alpha value is -1.81. The number of amides is 1. The van der Waals surface area contributed by atoms with Crippen molar-refractivity contribution in [1.29, 1.82) is 0 Å². The highest BCUT2D eigenvalue weighted by Crippen LogP contribution is 2.10. The average Bonchev–Trinajstić information content (AvgIpc) is 2.98. The second-order valence-corrected chi connectivity index (χ2v) is 5.34. The number of nitrogens with zero attached hydrogens (tertiary/aromatic N) is 1. The molecule has 1 aliphatic heterocycles. The van der Waals surface area contributed by atoms with Gasteiger partial charge in [-0.25, -0.2) is 0 Å². The molecule has 0 aromatic heterocycles. The molecule has 2 rings (SSSR count). The molecule has 108 valence electrons. The summed E-state index contributed by atoms with van der Waals surface area (Å²) in [6.45, 7) is 5.16. The van der Waals surface area contributed by atoms with E-state index in [0.717, 1.165) is 24.3 Å². The fraction of sp³-hybridized carbons (Fsp3) is 0.438. The normalized spacial score (nSPS) is 17.4. The molecule has 1 aromatic rings. The lowest BCUT2D eigenvalue weighted by atomic mass is 10.2. The van der Waals surface area contributed by atoms with Gasteiger partial charge in [-0.2, -0.15) is 0 Å². The van der Waals surface area contributed by atoms with Gasteiger partial charge < -0.3 is 11.1 Å². The van der Waals surface area contributed by atoms with Gasteiger partial charge in [0.2, 0.25) is 5.91 Å². The fourth-order valence-electron chi connectivity index (χ4n) is 2.40. The molecule has 1 atom stereocenters. The molecule has 1 unspecified atom stereocenters. The van der Waals surface area contributed by atoms with Crippen molar-refractivity contribution in [1.82, 2.24) is 10.2 Å². The van der Waals surface area contributed by atoms with Crippen LogP contribution in [0, 0.1) is 0 Å². The number of rotatable bonds is 5. The van der Waals surface area contributed by atoms with Crippen molar-refractivity contribution >= 4 is 17.7 Å². The Balaban J connectivity index is 1.75. The van der Waals surface area contributed by atoms with E-state index in [2.05, 4.69) is 17.1 Å². The zero-order valence-corrected chi connectivity index (χ0v) is 12.0. The van der Waals surface area contributed by atoms with Gasteiger partial charge in [0.1, 0.15) is 0 Å². The predicted octanol–water partition coefficient (Wildman–Crippen LogP) is 1.88. The summed E-state index contributed by atoms with van der Waals surface area (Å²) in [4.78, 5) is 14.2. The number of carbonyl (C=O) groups excluding carboxylic acids is 1. The van der Waals surface area contributed by atoms with Crippen LogP contribution in [0.2, 0.25) is 0 Å². The van der Waals surface area contributed by atoms with Gasteiger partial charge in [-0.3, -0.25) is 9.69 Å². The number of carbonyl (C=O) groups is 1. The van der Waals surface area contributed by atoms with Gasteiger partial charge in [0, 0.05) is 24.4 Å². The first kappa shape index (κ1) is 14.6. The Bertz CT molecular complexity index is 461. The molecule has 0 aliphatic carbocycles. The zero-order valence-electron chi connectivity index (χ0n) is 12.0. The maximum Gasteiger partial charge on any atom is 0.244 e. The molecule has 1 heterocycles. The van der Waals surface area contributed by atoms with Crippen LogP contribution < -0.4 is 11.1 Å². The maximum atomic E-state index is 11.8. The number of hydrogen-bond donors (Lipinski definition) is 2. The molecule has 0 saturated carbocycles. The largest absolute Gasteiger partial charge is 0.399 e. The maximum absolute atomic E-state index is 11.8. The van der Waals surface area contributed by atoms with Gasteiger partial charge in [-0.15, -0.1) is 0 Å². The lowest BCUT2D eigenvalue weighted by Gasteiger charge is -2.23. The summed E-state index contributed by atoms with van der Waals surface area (Å²) in [6.07, 6.45) is 5.92. The van der Waals surface area contributed by atoms with Crippen molar-refractivity contribution < 1.29 is 4.79 Å². The summed E-state index contributed by atoms with van der Waals surface area (Å²) >= 11 is 0. The minimum absolute atomic E-state index is 0.0483. The molecular weight excluding hydrogens is 250 g/mol. The number of likely N-dealkylation sites (tertiary alicyclic amines) is 1. The van der Waals surface area contributed by atoms with E-state index in [9.17, 15) is 4.79 Å². The van der Waals surface area contributed by atoms with E-state index in [4.69, 9.17) is 5.73 Å². The Morgan fingerprint density at radius 3 is 2.65 bits per heavy atom. The van der Waals surface area contributed by atoms with E-state index < -0.39 is 0 Å². The predicted molar refractivity (Wildman–Crippen MR) is 83.2 cm³/mol. The lowest BCUT2D eigenvalue weighted by molar-refractivity contribution is -0.116. The van der Waals surface area contributed by atoms with Crippen LogP contribution in [-0.2, 0) is 4.79 Å². The van der Waals surface area contributed by atoms with Crippen LogP contribution in [0.15, 0.2) is 30.3 Å². The Morgan fingerprint density at radius 2 is 2.00 bits per heavy atom. The summed E-state index contributed by atoms with van der Waals surface area (Å²) in [5.41, 5.74) is 7.32. The van der Waals surface area contributed by atoms with E-state index >= 15 is 0 Å². The monoisotopic (exact) mass is 273 g/mol. The second-order valence-electron chi connectivity index (χ2n) is 5.34. The Kier molecular flexibility index (Phi) is 5.18. The number of nitrogen functional groups attached to an aromatic ring is 1. The molecule has 1 saturated heterocycles. The first-order chi connectivity index (χ1) is 9.65. The summed E-state index contributed by atoms with van der Waals surface area (Å²) in [7, 11) is 0. The van der Waals surface area contributed by atoms with Crippen LogP contribution in [0.1, 0.15) is 25.3 Å². The topological polar surface area (TPSA) is 58.4 Å². The molecule has 0 radical (unpaired) electrons. The number of nitrogens with two attached hydrogens (primary N) is 1. The third-order valence-corrected chi connectivity index (χ3v) is 3.70. The Labute approximate surface area is 120 Å². The van der Waals surface area contributed by atoms with Crippen molar-refractivity contribution in [2.45, 2.75) is 25.8 Å². The van der Waals surface area contributed by atoms with E-state index in [1.165, 1.54) is 12.8 Å². The zero-order chi connectivity index (χ0) is 14.4. The van der Waals surface area contributed by atoms with Gasteiger partial charge in [0.25, 0.3) is 0 Å². The second kappa shape index (κ2) is 7.10. The fourth-order valence-corrected chi connectivity index (χ4v) is 2.40. The molecule has 0 bridgehead atoms. The summed E-state index contributed by atoms with van der Waals surface area (Å²) < 4.78 is 0. The molecule has 1 amide bonds. The third-order valence-electron chi connectivity index (χ3n) is 3.70. The molecule has 20 heavy (non-hydrogen) atoms. The van der Waals surface area contributed by atoms with E-state index in [1.807, 2.05) is 24.3 Å². The van der Waals surface area contributed by atoms with Crippen molar-refractivity contribution in [3.8, 4) is 0 Å². The molecule has 1 aromatic carbocycles. The highest BCUT2D eigenvalue weighted by molar-refractivity contribution is 5.91. The van der Waals surface area contributed by atoms with Crippen molar-refractivity contribution in [3.05, 3.63) is 35.9 Å². The molecule has 4 nitrogen and oxygen atoms in total. The number of hydrogen-bond acceptors (Lipinski definition) is 3. The molecule has 1 fully saturated rings. The third kappa shape index (κ3) is 4.38. The number of anilines is 1. The molecular formula is C16H23N3O. The first-order valence-corrected chi connectivity index (χ1v) is 7.20. The highest BCUT2D eigenvalue weighted by Gasteiger charge is 2.17. The average molecular weight is 273 g/mol. The minimum Gasteiger partial charge on any atom is -0.399 e. The SMILES string of the molecule is CC(CNC(=O)/C=C/c1ccc(N)cc1)N1CCCC1. The first-order valence-electron chi connectivity index (χ1n) is 7.20. The highest BCUT2D eigenvalue weighted by atomic mass is 16.1. The quantitative estimate of drug-likeness (QED) is 0.636. The van der Waals surface area contributed by atoms with E-state index in [0.29, 0.717) is 12.6 Å². The number of benzene rings is 1. The van der Waals surface area contributed by atoms with E-state index in [1.54, 1.807) is 12.2 Å². The van der Waals surface area contributed by atoms with Crippen LogP contribution in [0.25, 0.3) is 6.08 Å². The van der Waals surface area contributed by atoms with Crippen molar-refractivity contribution in [2.24, 2.45) is 0 Å². The molecule has 0 spiro atoms. The van der Waals surface area contributed by atoms with Crippen LogP contribution in [0.4, 0.5) is 5.69 Å². The molecule has 1 aliphatic rings. The summed E-state index contributed by atoms with van der Waals surface area (Å²) in [5.74, 6) is -0.0483. The molecule has 4 heteroatoms. The molecule has 3 N–H and O–H groups in total. The lowest BCUT2D eigenvalue weighted by Crippen LogP contribution is -2.40. The van der Waals surface area contributed by atoms with Crippen LogP contribution in [-0.4, -0.2) is 36.5 Å². The summed E-state index contributed by atoms with van der Waals surface area (Å²) in [6, 6.07) is 7.85. The summed E-state index contributed by atoms with van der Waals surface area (Å²) in [5, 5.41) is 2.95. The van der Waals surface area contributed by atoms with Gasteiger partial charge in [-0.1, -0.05) is 12.1 Å². The number of nitrogens with one attached hydrogen (secondary N) is 1. The standard InChI is InChI=1S/C16H23N3O/c1-13(19-10-2-3-11-19)12-18-16(20)9-6-14-4-7-15(17)8-5-14/h4-9,13H,2-3,10-12,17H2,1H3,(H,18,20)/b9-6+. The Morgan fingerprint density at radius 1 is 1.35 bits per heavy atom. The van der Waals surface area contributed by atoms with Gasteiger partial charge >= 0.3 is 0 Å². The van der Waals surface area contributed by atoms with Gasteiger partial charge in [-0.05, 0) is 56.6 Å². The van der Waals surface area contributed by atoms with Crippen LogP contribution in [0.3, 0.4) is 0 Å². The minimum atomic E-state index is -0.0483. The van der Waals surface area contributed by atoms with Gasteiger partial charge in [0.15, 0.2) is 0 Å². The van der Waals surface area contributed by atoms with Crippen LogP contribution in [0.5, 0.6) is 0 Å².